The fourth-order valence-corrected chi connectivity index (χ4v) is 3.41. The van der Waals surface area contributed by atoms with Gasteiger partial charge < -0.3 is 9.64 Å². The van der Waals surface area contributed by atoms with Crippen molar-refractivity contribution in [2.75, 3.05) is 25.0 Å². The van der Waals surface area contributed by atoms with E-state index in [-0.39, 0.29) is 17.7 Å². The molecule has 1 aliphatic rings. The topological polar surface area (TPSA) is 41.5 Å². The zero-order valence-electron chi connectivity index (χ0n) is 15.7. The number of rotatable bonds is 6. The van der Waals surface area contributed by atoms with Gasteiger partial charge in [0.15, 0.2) is 0 Å². The molecule has 2 aromatic rings. The highest BCUT2D eigenvalue weighted by atomic mass is 19.4. The minimum atomic E-state index is -4.53. The number of nitrogens with zero attached hydrogens (tertiary/aromatic N) is 4. The molecule has 2 heterocycles. The number of piperidine rings is 1. The third-order valence-electron chi connectivity index (χ3n) is 4.81. The minimum Gasteiger partial charge on any atom is -0.435 e. The molecule has 1 fully saturated rings. The van der Waals surface area contributed by atoms with Gasteiger partial charge in [-0.15, -0.1) is 0 Å². The number of hydrogen-bond acceptors (Lipinski definition) is 5. The third-order valence-corrected chi connectivity index (χ3v) is 4.81. The lowest BCUT2D eigenvalue weighted by Crippen LogP contribution is -2.46. The Morgan fingerprint density at radius 1 is 1.28 bits per heavy atom. The van der Waals surface area contributed by atoms with Crippen molar-refractivity contribution < 1.29 is 26.7 Å². The zero-order chi connectivity index (χ0) is 21.0. The summed E-state index contributed by atoms with van der Waals surface area (Å²) in [7, 11) is 1.68. The van der Waals surface area contributed by atoms with E-state index in [1.165, 1.54) is 6.07 Å². The molecule has 1 unspecified atom stereocenters. The van der Waals surface area contributed by atoms with Crippen molar-refractivity contribution in [3.63, 3.8) is 0 Å². The number of anilines is 1. The third kappa shape index (κ3) is 5.75. The number of likely N-dealkylation sites (tertiary alicyclic amines) is 1. The van der Waals surface area contributed by atoms with E-state index >= 15 is 0 Å². The molecule has 0 saturated carbocycles. The fraction of sp³-hybridized carbons (Fsp3) is 0.474. The molecule has 5 nitrogen and oxygen atoms in total. The van der Waals surface area contributed by atoms with Crippen LogP contribution in [0, 0.1) is 0 Å². The van der Waals surface area contributed by atoms with E-state index in [9.17, 15) is 22.0 Å². The second kappa shape index (κ2) is 8.89. The van der Waals surface area contributed by atoms with Crippen molar-refractivity contribution in [2.24, 2.45) is 0 Å². The lowest BCUT2D eigenvalue weighted by molar-refractivity contribution is -0.141. The summed E-state index contributed by atoms with van der Waals surface area (Å²) in [5.41, 5.74) is -0.153. The van der Waals surface area contributed by atoms with E-state index in [1.54, 1.807) is 24.1 Å². The lowest BCUT2D eigenvalue weighted by atomic mass is 10.0. The number of hydrogen-bond donors (Lipinski definition) is 0. The van der Waals surface area contributed by atoms with Gasteiger partial charge in [-0.1, -0.05) is 12.1 Å². The van der Waals surface area contributed by atoms with Crippen molar-refractivity contribution >= 4 is 5.95 Å². The summed E-state index contributed by atoms with van der Waals surface area (Å²) in [6.07, 6.45) is -1.78. The Hall–Kier alpha value is -2.49. The molecule has 1 aromatic carbocycles. The molecule has 0 bridgehead atoms. The van der Waals surface area contributed by atoms with Crippen LogP contribution in [0.1, 0.15) is 24.1 Å². The van der Waals surface area contributed by atoms with Gasteiger partial charge in [0.2, 0.25) is 5.95 Å². The van der Waals surface area contributed by atoms with Crippen LogP contribution in [0.15, 0.2) is 36.5 Å². The largest absolute Gasteiger partial charge is 0.435 e. The molecule has 0 aliphatic carbocycles. The Labute approximate surface area is 165 Å². The van der Waals surface area contributed by atoms with E-state index in [0.29, 0.717) is 13.1 Å². The molecule has 0 N–H and O–H groups in total. The summed E-state index contributed by atoms with van der Waals surface area (Å²) in [4.78, 5) is 11.4. The summed E-state index contributed by atoms with van der Waals surface area (Å²) in [5.74, 6) is 0.125. The van der Waals surface area contributed by atoms with Gasteiger partial charge in [-0.25, -0.2) is 9.97 Å². The molecule has 0 amide bonds. The van der Waals surface area contributed by atoms with Crippen molar-refractivity contribution in [1.29, 1.82) is 0 Å². The van der Waals surface area contributed by atoms with E-state index in [4.69, 9.17) is 0 Å². The van der Waals surface area contributed by atoms with Gasteiger partial charge in [0.25, 0.3) is 0 Å². The Morgan fingerprint density at radius 2 is 2.07 bits per heavy atom. The van der Waals surface area contributed by atoms with Crippen LogP contribution in [0.5, 0.6) is 5.75 Å². The number of halogens is 5. The number of ether oxygens (including phenoxy) is 1. The summed E-state index contributed by atoms with van der Waals surface area (Å²) in [6, 6.07) is 7.29. The summed E-state index contributed by atoms with van der Waals surface area (Å²) >= 11 is 0. The van der Waals surface area contributed by atoms with Crippen LogP contribution in [0.2, 0.25) is 0 Å². The highest BCUT2D eigenvalue weighted by Gasteiger charge is 2.34. The zero-order valence-corrected chi connectivity index (χ0v) is 15.7. The van der Waals surface area contributed by atoms with Gasteiger partial charge in [-0.2, -0.15) is 22.0 Å². The van der Waals surface area contributed by atoms with Crippen LogP contribution >= 0.6 is 0 Å². The molecule has 3 rings (SSSR count). The Kier molecular flexibility index (Phi) is 6.51. The Morgan fingerprint density at radius 3 is 2.79 bits per heavy atom. The molecule has 0 spiro atoms. The van der Waals surface area contributed by atoms with Crippen LogP contribution in [-0.2, 0) is 12.7 Å². The average Bonchev–Trinajstić information content (AvgIpc) is 2.67. The quantitative estimate of drug-likeness (QED) is 0.661. The predicted molar refractivity (Wildman–Crippen MR) is 96.8 cm³/mol. The molecule has 158 valence electrons. The first-order chi connectivity index (χ1) is 13.7. The average molecular weight is 416 g/mol. The van der Waals surface area contributed by atoms with Crippen LogP contribution in [0.3, 0.4) is 0 Å². The second-order valence-electron chi connectivity index (χ2n) is 6.91. The fourth-order valence-electron chi connectivity index (χ4n) is 3.41. The predicted octanol–water partition coefficient (Wildman–Crippen LogP) is 4.20. The summed E-state index contributed by atoms with van der Waals surface area (Å²) < 4.78 is 68.0. The van der Waals surface area contributed by atoms with Crippen LogP contribution in [0.4, 0.5) is 27.9 Å². The molecule has 1 atom stereocenters. The van der Waals surface area contributed by atoms with Crippen LogP contribution in [-0.4, -0.2) is 47.7 Å². The normalized spacial score (nSPS) is 18.1. The molecule has 1 aliphatic heterocycles. The first kappa shape index (κ1) is 21.2. The molecule has 0 radical (unpaired) electrons. The smallest absolute Gasteiger partial charge is 0.433 e. The number of likely N-dealkylation sites (N-methyl/N-ethyl adjacent to an activating group) is 1. The maximum atomic E-state index is 12.9. The van der Waals surface area contributed by atoms with Crippen molar-refractivity contribution in [2.45, 2.75) is 38.2 Å². The summed E-state index contributed by atoms with van der Waals surface area (Å²) in [5, 5.41) is 0. The maximum Gasteiger partial charge on any atom is 0.433 e. The first-order valence-corrected chi connectivity index (χ1v) is 9.11. The van der Waals surface area contributed by atoms with Crippen LogP contribution < -0.4 is 9.64 Å². The molecular weight excluding hydrogens is 395 g/mol. The van der Waals surface area contributed by atoms with E-state index in [1.807, 2.05) is 6.07 Å². The van der Waals surface area contributed by atoms with Gasteiger partial charge in [0.05, 0.1) is 0 Å². The van der Waals surface area contributed by atoms with Gasteiger partial charge in [0.1, 0.15) is 11.4 Å². The van der Waals surface area contributed by atoms with E-state index < -0.39 is 18.5 Å². The molecule has 10 heteroatoms. The van der Waals surface area contributed by atoms with Crippen LogP contribution in [0.25, 0.3) is 0 Å². The highest BCUT2D eigenvalue weighted by Crippen LogP contribution is 2.29. The monoisotopic (exact) mass is 416 g/mol. The first-order valence-electron chi connectivity index (χ1n) is 9.11. The van der Waals surface area contributed by atoms with Gasteiger partial charge >= 0.3 is 12.8 Å². The Balaban J connectivity index is 1.66. The van der Waals surface area contributed by atoms with Gasteiger partial charge in [0, 0.05) is 32.4 Å². The van der Waals surface area contributed by atoms with Gasteiger partial charge in [-0.3, -0.25) is 4.90 Å². The standard InChI is InChI=1S/C19H21F5N4O/c1-27(18-25-8-7-16(26-18)19(22,23)24)14-5-3-9-28(12-14)11-13-4-2-6-15(10-13)29-17(20)21/h2,4,6-8,10,14,17H,3,5,9,11-12H2,1H3. The van der Waals surface area contributed by atoms with Crippen molar-refractivity contribution in [1.82, 2.24) is 14.9 Å². The second-order valence-corrected chi connectivity index (χ2v) is 6.91. The molecule has 1 saturated heterocycles. The van der Waals surface area contributed by atoms with E-state index in [0.717, 1.165) is 37.2 Å². The number of alkyl halides is 5. The van der Waals surface area contributed by atoms with E-state index in [2.05, 4.69) is 19.6 Å². The minimum absolute atomic E-state index is 0.0269. The number of aromatic nitrogens is 2. The maximum absolute atomic E-state index is 12.9. The molecule has 29 heavy (non-hydrogen) atoms. The van der Waals surface area contributed by atoms with Crippen molar-refractivity contribution in [3.05, 3.63) is 47.8 Å². The van der Waals surface area contributed by atoms with Crippen molar-refractivity contribution in [3.8, 4) is 5.75 Å². The highest BCUT2D eigenvalue weighted by molar-refractivity contribution is 5.32. The molecular formula is C19H21F5N4O. The molecule has 1 aromatic heterocycles. The number of benzene rings is 1. The summed E-state index contributed by atoms with van der Waals surface area (Å²) in [6.45, 7) is -0.969. The Bertz CT molecular complexity index is 817. The lowest BCUT2D eigenvalue weighted by Gasteiger charge is -2.37. The SMILES string of the molecule is CN(c1nccc(C(F)(F)F)n1)C1CCCN(Cc2cccc(OC(F)F)c2)C1. The van der Waals surface area contributed by atoms with Gasteiger partial charge in [-0.05, 0) is 43.1 Å².